The van der Waals surface area contributed by atoms with E-state index in [-0.39, 0.29) is 15.7 Å². The first-order valence-electron chi connectivity index (χ1n) is 11.9. The van der Waals surface area contributed by atoms with Crippen molar-refractivity contribution in [3.05, 3.63) is 98.2 Å². The van der Waals surface area contributed by atoms with Crippen LogP contribution in [0.4, 0.5) is 5.82 Å². The molecule has 196 valence electrons. The fraction of sp³-hybridized carbons (Fsp3) is 0.222. The number of thiophene rings is 1. The van der Waals surface area contributed by atoms with Crippen LogP contribution in [-0.2, 0) is 16.6 Å². The summed E-state index contributed by atoms with van der Waals surface area (Å²) in [6.45, 7) is 9.45. The Balaban J connectivity index is 1.47. The molecule has 0 aliphatic heterocycles. The molecule has 5 rings (SSSR count). The van der Waals surface area contributed by atoms with Crippen LogP contribution in [0.2, 0.25) is 0 Å². The van der Waals surface area contributed by atoms with E-state index in [0.717, 1.165) is 21.6 Å². The number of nitrogens with one attached hydrogen (secondary N) is 1. The van der Waals surface area contributed by atoms with Gasteiger partial charge in [0, 0.05) is 16.0 Å². The van der Waals surface area contributed by atoms with Gasteiger partial charge in [0.15, 0.2) is 5.82 Å². The van der Waals surface area contributed by atoms with Crippen molar-refractivity contribution in [1.82, 2.24) is 19.5 Å². The molecule has 0 unspecified atom stereocenters. The highest BCUT2D eigenvalue weighted by atomic mass is 32.2. The molecule has 0 saturated carbocycles. The van der Waals surface area contributed by atoms with Crippen molar-refractivity contribution in [2.24, 2.45) is 0 Å². The lowest BCUT2D eigenvalue weighted by Crippen LogP contribution is -2.24. The zero-order valence-corrected chi connectivity index (χ0v) is 23.3. The molecule has 38 heavy (non-hydrogen) atoms. The average Bonchev–Trinajstić information content (AvgIpc) is 3.52. The van der Waals surface area contributed by atoms with Gasteiger partial charge in [-0.15, -0.1) is 11.3 Å². The zero-order valence-electron chi connectivity index (χ0n) is 21.6. The molecule has 0 atom stereocenters. The third-order valence-corrected chi connectivity index (χ3v) is 9.35. The summed E-state index contributed by atoms with van der Waals surface area (Å²) in [7, 11) is -3.90. The Kier molecular flexibility index (Phi) is 6.58. The first-order valence-corrected chi connectivity index (χ1v) is 14.2. The topological polar surface area (TPSA) is 112 Å². The van der Waals surface area contributed by atoms with Crippen molar-refractivity contribution >= 4 is 27.2 Å². The number of sulfonamides is 1. The number of aromatic nitrogens is 4. The summed E-state index contributed by atoms with van der Waals surface area (Å²) in [6.07, 6.45) is 0. The van der Waals surface area contributed by atoms with Gasteiger partial charge in [0.1, 0.15) is 15.8 Å². The van der Waals surface area contributed by atoms with Crippen LogP contribution in [0.25, 0.3) is 16.8 Å². The highest BCUT2D eigenvalue weighted by Crippen LogP contribution is 2.38. The van der Waals surface area contributed by atoms with E-state index in [1.807, 2.05) is 68.4 Å². The van der Waals surface area contributed by atoms with Gasteiger partial charge in [0.25, 0.3) is 10.0 Å². The predicted octanol–water partition coefficient (Wildman–Crippen LogP) is 5.14. The molecule has 0 aliphatic carbocycles. The second-order valence-corrected chi connectivity index (χ2v) is 12.3. The first kappa shape index (κ1) is 25.7. The summed E-state index contributed by atoms with van der Waals surface area (Å²) < 4.78 is 37.6. The first-order chi connectivity index (χ1) is 18.0. The Morgan fingerprint density at radius 3 is 2.37 bits per heavy atom. The predicted molar refractivity (Wildman–Crippen MR) is 148 cm³/mol. The van der Waals surface area contributed by atoms with Crippen LogP contribution in [0.15, 0.2) is 68.1 Å². The average molecular weight is 550 g/mol. The molecule has 0 aliphatic rings. The molecule has 0 bridgehead atoms. The Bertz CT molecular complexity index is 1810. The van der Waals surface area contributed by atoms with Gasteiger partial charge in [0.05, 0.1) is 12.2 Å². The fourth-order valence-electron chi connectivity index (χ4n) is 4.29. The number of aryl methyl sites for hydroxylation is 4. The summed E-state index contributed by atoms with van der Waals surface area (Å²) >= 11 is 1.20. The van der Waals surface area contributed by atoms with E-state index in [9.17, 15) is 13.2 Å². The van der Waals surface area contributed by atoms with Crippen molar-refractivity contribution in [1.29, 1.82) is 0 Å². The van der Waals surface area contributed by atoms with Crippen molar-refractivity contribution < 1.29 is 12.9 Å². The normalized spacial score (nSPS) is 11.7. The van der Waals surface area contributed by atoms with Gasteiger partial charge >= 0.3 is 5.69 Å². The van der Waals surface area contributed by atoms with Gasteiger partial charge < -0.3 is 4.52 Å². The molecule has 0 spiro atoms. The molecule has 3 heterocycles. The van der Waals surface area contributed by atoms with E-state index in [1.165, 1.54) is 16.0 Å². The smallest absolute Gasteiger partial charge is 0.351 e. The maximum absolute atomic E-state index is 13.4. The minimum atomic E-state index is -3.90. The van der Waals surface area contributed by atoms with Crippen LogP contribution in [-0.4, -0.2) is 27.9 Å². The second-order valence-electron chi connectivity index (χ2n) is 9.19. The summed E-state index contributed by atoms with van der Waals surface area (Å²) in [6, 6.07) is 17.0. The second kappa shape index (κ2) is 9.73. The molecule has 0 amide bonds. The molecule has 1 N–H and O–H groups in total. The molecule has 0 fully saturated rings. The van der Waals surface area contributed by atoms with E-state index >= 15 is 0 Å². The summed E-state index contributed by atoms with van der Waals surface area (Å²) in [5.41, 5.74) is 4.35. The van der Waals surface area contributed by atoms with Crippen molar-refractivity contribution in [2.75, 3.05) is 4.72 Å². The number of hydrogen-bond donors (Lipinski definition) is 1. The van der Waals surface area contributed by atoms with E-state index in [4.69, 9.17) is 4.52 Å². The number of benzene rings is 2. The van der Waals surface area contributed by atoms with Crippen LogP contribution in [0.3, 0.4) is 0 Å². The lowest BCUT2D eigenvalue weighted by Gasteiger charge is -2.11. The van der Waals surface area contributed by atoms with Crippen molar-refractivity contribution in [3.8, 4) is 16.8 Å². The van der Waals surface area contributed by atoms with Crippen molar-refractivity contribution in [2.45, 2.75) is 45.4 Å². The van der Waals surface area contributed by atoms with E-state index < -0.39 is 10.0 Å². The quantitative estimate of drug-likeness (QED) is 0.301. The van der Waals surface area contributed by atoms with Crippen molar-refractivity contribution in [3.63, 3.8) is 0 Å². The molecular weight excluding hydrogens is 522 g/mol. The Labute approximate surface area is 224 Å². The fourth-order valence-corrected chi connectivity index (χ4v) is 6.99. The zero-order chi connectivity index (χ0) is 27.2. The molecule has 3 aromatic heterocycles. The Morgan fingerprint density at radius 1 is 0.974 bits per heavy atom. The minimum Gasteiger partial charge on any atom is -0.359 e. The Morgan fingerprint density at radius 2 is 1.71 bits per heavy atom. The van der Waals surface area contributed by atoms with Crippen LogP contribution < -0.4 is 10.4 Å². The van der Waals surface area contributed by atoms with Gasteiger partial charge in [-0.05, 0) is 69.5 Å². The minimum absolute atomic E-state index is 0.184. The van der Waals surface area contributed by atoms with Gasteiger partial charge in [-0.1, -0.05) is 41.6 Å². The van der Waals surface area contributed by atoms with Crippen LogP contribution >= 0.6 is 11.3 Å². The largest absolute Gasteiger partial charge is 0.359 e. The monoisotopic (exact) mass is 549 g/mol. The summed E-state index contributed by atoms with van der Waals surface area (Å²) in [4.78, 5) is 13.9. The molecule has 0 saturated heterocycles. The number of hydrogen-bond acceptors (Lipinski definition) is 7. The van der Waals surface area contributed by atoms with Gasteiger partial charge in [0.2, 0.25) is 0 Å². The number of rotatable bonds is 7. The van der Waals surface area contributed by atoms with Gasteiger partial charge in [-0.3, -0.25) is 9.29 Å². The SMILES string of the molecule is Cc1cc(-c2ccc(Cn3c(C)nn(-c4ccccc4)c3=O)cc2C)c(S(=O)(=O)Nc2noc(C)c2C)s1. The molecule has 5 aromatic rings. The maximum Gasteiger partial charge on any atom is 0.351 e. The molecular formula is C27H27N5O4S2. The molecule has 9 nitrogen and oxygen atoms in total. The third-order valence-electron chi connectivity index (χ3n) is 6.42. The molecule has 2 aromatic carbocycles. The highest BCUT2D eigenvalue weighted by Gasteiger charge is 2.26. The lowest BCUT2D eigenvalue weighted by molar-refractivity contribution is 0.399. The number of para-hydroxylation sites is 1. The van der Waals surface area contributed by atoms with Crippen LogP contribution in [0, 0.1) is 34.6 Å². The maximum atomic E-state index is 13.4. The highest BCUT2D eigenvalue weighted by molar-refractivity contribution is 7.94. The Hall–Kier alpha value is -3.96. The van der Waals surface area contributed by atoms with Gasteiger partial charge in [-0.2, -0.15) is 9.78 Å². The number of anilines is 1. The third kappa shape index (κ3) is 4.70. The van der Waals surface area contributed by atoms with Crippen LogP contribution in [0.5, 0.6) is 0 Å². The summed E-state index contributed by atoms with van der Waals surface area (Å²) in [5, 5.41) is 8.27. The van der Waals surface area contributed by atoms with Crippen LogP contribution in [0.1, 0.15) is 33.2 Å². The molecule has 0 radical (unpaired) electrons. The van der Waals surface area contributed by atoms with E-state index in [2.05, 4.69) is 15.0 Å². The standard InChI is InChI=1S/C27H27N5O4S2/c1-16-13-21(15-31-20(5)28-32(27(31)33)22-9-7-6-8-10-22)11-12-23(16)24-14-17(2)37-26(24)38(34,35)30-25-18(3)19(4)36-29-25/h6-14H,15H2,1-5H3,(H,29,30). The summed E-state index contributed by atoms with van der Waals surface area (Å²) in [5.74, 6) is 1.34. The van der Waals surface area contributed by atoms with E-state index in [1.54, 1.807) is 25.3 Å². The molecule has 11 heteroatoms. The lowest BCUT2D eigenvalue weighted by atomic mass is 10.0. The van der Waals surface area contributed by atoms with Gasteiger partial charge in [-0.25, -0.2) is 13.2 Å². The number of nitrogens with zero attached hydrogens (tertiary/aromatic N) is 4. The van der Waals surface area contributed by atoms with E-state index in [0.29, 0.717) is 34.9 Å².